The zero-order valence-corrected chi connectivity index (χ0v) is 13.9. The van der Waals surface area contributed by atoms with Crippen molar-refractivity contribution in [3.05, 3.63) is 18.2 Å². The Morgan fingerprint density at radius 1 is 1.29 bits per heavy atom. The maximum absolute atomic E-state index is 11.7. The summed E-state index contributed by atoms with van der Waals surface area (Å²) in [6, 6.07) is 4.54. The number of nitrogens with one attached hydrogen (secondary N) is 1. The Bertz CT molecular complexity index is 544. The van der Waals surface area contributed by atoms with E-state index < -0.39 is 10.0 Å². The minimum Gasteiger partial charge on any atom is -0.489 e. The first-order valence-electron chi connectivity index (χ1n) is 7.40. The average Bonchev–Trinajstić information content (AvgIpc) is 2.45. The highest BCUT2D eigenvalue weighted by Crippen LogP contribution is 2.26. The molecule has 0 heterocycles. The molecule has 0 saturated heterocycles. The van der Waals surface area contributed by atoms with E-state index in [1.54, 1.807) is 6.07 Å². The predicted molar refractivity (Wildman–Crippen MR) is 85.9 cm³/mol. The molecule has 1 aromatic rings. The summed E-state index contributed by atoms with van der Waals surface area (Å²) in [5.41, 5.74) is 6.22. The zero-order valence-electron chi connectivity index (χ0n) is 13.1. The van der Waals surface area contributed by atoms with E-state index in [2.05, 4.69) is 11.6 Å². The molecule has 1 rings (SSSR count). The first kappa shape index (κ1) is 17.8. The van der Waals surface area contributed by atoms with Crippen LogP contribution in [0.15, 0.2) is 23.1 Å². The number of nitrogens with two attached hydrogens (primary N) is 1. The van der Waals surface area contributed by atoms with Gasteiger partial charge in [0, 0.05) is 0 Å². The monoisotopic (exact) mass is 314 g/mol. The number of anilines is 1. The third kappa shape index (κ3) is 5.55. The van der Waals surface area contributed by atoms with Gasteiger partial charge in [0.15, 0.2) is 0 Å². The highest BCUT2D eigenvalue weighted by atomic mass is 32.2. The normalized spacial score (nSPS) is 13.1. The smallest absolute Gasteiger partial charge is 0.240 e. The van der Waals surface area contributed by atoms with Gasteiger partial charge in [-0.05, 0) is 45.0 Å². The van der Waals surface area contributed by atoms with Crippen LogP contribution in [-0.2, 0) is 10.0 Å². The van der Waals surface area contributed by atoms with Crippen molar-refractivity contribution < 1.29 is 13.2 Å². The number of hydrogen-bond acceptors (Lipinski definition) is 4. The molecular weight excluding hydrogens is 288 g/mol. The van der Waals surface area contributed by atoms with Crippen LogP contribution in [0, 0.1) is 0 Å². The molecule has 0 amide bonds. The van der Waals surface area contributed by atoms with Crippen molar-refractivity contribution in [2.45, 2.75) is 57.0 Å². The van der Waals surface area contributed by atoms with Crippen molar-refractivity contribution in [1.29, 1.82) is 0 Å². The second kappa shape index (κ2) is 8.24. The summed E-state index contributed by atoms with van der Waals surface area (Å²) in [5, 5.41) is 0. The fraction of sp³-hybridized carbons (Fsp3) is 0.600. The minimum absolute atomic E-state index is 0.0657. The maximum Gasteiger partial charge on any atom is 0.240 e. The van der Waals surface area contributed by atoms with E-state index >= 15 is 0 Å². The molecule has 1 unspecified atom stereocenters. The molecule has 6 heteroatoms. The predicted octanol–water partition coefficient (Wildman–Crippen LogP) is 2.91. The fourth-order valence-electron chi connectivity index (χ4n) is 2.05. The molecule has 1 aromatic carbocycles. The number of benzene rings is 1. The molecule has 0 fully saturated rings. The van der Waals surface area contributed by atoms with Gasteiger partial charge in [-0.25, -0.2) is 13.1 Å². The topological polar surface area (TPSA) is 81.4 Å². The minimum atomic E-state index is -3.47. The van der Waals surface area contributed by atoms with Crippen molar-refractivity contribution in [2.75, 3.05) is 12.8 Å². The maximum atomic E-state index is 11.7. The summed E-state index contributed by atoms with van der Waals surface area (Å²) in [4.78, 5) is 0.144. The third-order valence-corrected chi connectivity index (χ3v) is 4.76. The molecule has 0 aliphatic carbocycles. The average molecular weight is 314 g/mol. The summed E-state index contributed by atoms with van der Waals surface area (Å²) in [7, 11) is -2.10. The quantitative estimate of drug-likeness (QED) is 0.542. The van der Waals surface area contributed by atoms with Gasteiger partial charge in [0.05, 0.1) is 16.7 Å². The SMILES string of the molecule is CCCCCCC(C)Oc1ccc(S(=O)(=O)NC)cc1N. The highest BCUT2D eigenvalue weighted by Gasteiger charge is 2.14. The number of sulfonamides is 1. The van der Waals surface area contributed by atoms with E-state index in [4.69, 9.17) is 10.5 Å². The van der Waals surface area contributed by atoms with Gasteiger partial charge in [-0.15, -0.1) is 0 Å². The highest BCUT2D eigenvalue weighted by molar-refractivity contribution is 7.89. The zero-order chi connectivity index (χ0) is 15.9. The van der Waals surface area contributed by atoms with Crippen molar-refractivity contribution in [3.63, 3.8) is 0 Å². The molecule has 0 saturated carbocycles. The van der Waals surface area contributed by atoms with Gasteiger partial charge in [0.1, 0.15) is 5.75 Å². The molecular formula is C15H26N2O3S. The second-order valence-corrected chi connectivity index (χ2v) is 7.07. The van der Waals surface area contributed by atoms with E-state index in [0.29, 0.717) is 11.4 Å². The van der Waals surface area contributed by atoms with Gasteiger partial charge in [-0.3, -0.25) is 0 Å². The van der Waals surface area contributed by atoms with Crippen LogP contribution in [0.1, 0.15) is 46.0 Å². The van der Waals surface area contributed by atoms with Crippen LogP contribution < -0.4 is 15.2 Å². The lowest BCUT2D eigenvalue weighted by atomic mass is 10.1. The van der Waals surface area contributed by atoms with E-state index in [-0.39, 0.29) is 11.0 Å². The van der Waals surface area contributed by atoms with Gasteiger partial charge >= 0.3 is 0 Å². The molecule has 21 heavy (non-hydrogen) atoms. The lowest BCUT2D eigenvalue weighted by Crippen LogP contribution is -2.19. The Hall–Kier alpha value is -1.27. The largest absolute Gasteiger partial charge is 0.489 e. The molecule has 0 aliphatic heterocycles. The number of ether oxygens (including phenoxy) is 1. The number of nitrogen functional groups attached to an aromatic ring is 1. The summed E-state index contributed by atoms with van der Waals surface area (Å²) in [6.07, 6.45) is 5.82. The fourth-order valence-corrected chi connectivity index (χ4v) is 2.82. The van der Waals surface area contributed by atoms with Crippen LogP contribution in [0.5, 0.6) is 5.75 Å². The summed E-state index contributed by atoms with van der Waals surface area (Å²) in [5.74, 6) is 0.535. The Balaban J connectivity index is 2.64. The first-order chi connectivity index (χ1) is 9.90. The Morgan fingerprint density at radius 2 is 2.00 bits per heavy atom. The lowest BCUT2D eigenvalue weighted by molar-refractivity contribution is 0.207. The summed E-state index contributed by atoms with van der Waals surface area (Å²) < 4.78 is 31.4. The van der Waals surface area contributed by atoms with Crippen molar-refractivity contribution in [2.24, 2.45) is 0 Å². The van der Waals surface area contributed by atoms with Gasteiger partial charge < -0.3 is 10.5 Å². The Labute approximate surface area is 127 Å². The molecule has 0 aromatic heterocycles. The molecule has 0 bridgehead atoms. The van der Waals surface area contributed by atoms with E-state index in [1.807, 2.05) is 6.92 Å². The van der Waals surface area contributed by atoms with Crippen LogP contribution in [0.25, 0.3) is 0 Å². The molecule has 0 spiro atoms. The van der Waals surface area contributed by atoms with Crippen LogP contribution >= 0.6 is 0 Å². The van der Waals surface area contributed by atoms with Crippen molar-refractivity contribution in [3.8, 4) is 5.75 Å². The molecule has 0 aliphatic rings. The number of hydrogen-bond donors (Lipinski definition) is 2. The van der Waals surface area contributed by atoms with Gasteiger partial charge in [-0.2, -0.15) is 0 Å². The van der Waals surface area contributed by atoms with Crippen LogP contribution in [0.2, 0.25) is 0 Å². The van der Waals surface area contributed by atoms with E-state index in [9.17, 15) is 8.42 Å². The molecule has 1 atom stereocenters. The molecule has 5 nitrogen and oxygen atoms in total. The van der Waals surface area contributed by atoms with E-state index in [0.717, 1.165) is 12.8 Å². The van der Waals surface area contributed by atoms with Gasteiger partial charge in [0.2, 0.25) is 10.0 Å². The first-order valence-corrected chi connectivity index (χ1v) is 8.88. The Kier molecular flexibility index (Phi) is 6.98. The number of unbranched alkanes of at least 4 members (excludes halogenated alkanes) is 3. The van der Waals surface area contributed by atoms with Crippen molar-refractivity contribution >= 4 is 15.7 Å². The van der Waals surface area contributed by atoms with E-state index in [1.165, 1.54) is 38.4 Å². The molecule has 0 radical (unpaired) electrons. The van der Waals surface area contributed by atoms with Gasteiger partial charge in [-0.1, -0.05) is 26.2 Å². The third-order valence-electron chi connectivity index (χ3n) is 3.35. The molecule has 120 valence electrons. The lowest BCUT2D eigenvalue weighted by Gasteiger charge is -2.16. The van der Waals surface area contributed by atoms with Crippen LogP contribution in [-0.4, -0.2) is 21.6 Å². The van der Waals surface area contributed by atoms with Crippen LogP contribution in [0.4, 0.5) is 5.69 Å². The Morgan fingerprint density at radius 3 is 2.57 bits per heavy atom. The second-order valence-electron chi connectivity index (χ2n) is 5.18. The standard InChI is InChI=1S/C15H26N2O3S/c1-4-5-6-7-8-12(2)20-15-10-9-13(11-14(15)16)21(18,19)17-3/h9-12,17H,4-8,16H2,1-3H3. The molecule has 3 N–H and O–H groups in total. The van der Waals surface area contributed by atoms with Crippen molar-refractivity contribution in [1.82, 2.24) is 4.72 Å². The van der Waals surface area contributed by atoms with Gasteiger partial charge in [0.25, 0.3) is 0 Å². The number of rotatable bonds is 9. The summed E-state index contributed by atoms with van der Waals surface area (Å²) in [6.45, 7) is 4.19. The summed E-state index contributed by atoms with van der Waals surface area (Å²) >= 11 is 0. The van der Waals surface area contributed by atoms with Crippen LogP contribution in [0.3, 0.4) is 0 Å².